The van der Waals surface area contributed by atoms with Crippen molar-refractivity contribution in [1.82, 2.24) is 24.4 Å². The van der Waals surface area contributed by atoms with Gasteiger partial charge >= 0.3 is 0 Å². The molecular weight excluding hydrogens is 372 g/mol. The second kappa shape index (κ2) is 8.58. The maximum absolute atomic E-state index is 12.8. The van der Waals surface area contributed by atoms with Crippen LogP contribution in [-0.2, 0) is 11.3 Å². The van der Waals surface area contributed by atoms with Crippen molar-refractivity contribution in [2.24, 2.45) is 5.73 Å². The molecule has 1 aliphatic rings. The van der Waals surface area contributed by atoms with Gasteiger partial charge in [-0.05, 0) is 25.0 Å². The summed E-state index contributed by atoms with van der Waals surface area (Å²) in [7, 11) is 1.64. The number of hydrogen-bond donors (Lipinski definition) is 3. The van der Waals surface area contributed by atoms with E-state index in [9.17, 15) is 4.79 Å². The first kappa shape index (κ1) is 19.3. The molecule has 0 unspecified atom stereocenters. The van der Waals surface area contributed by atoms with Crippen molar-refractivity contribution in [2.45, 2.75) is 44.3 Å². The van der Waals surface area contributed by atoms with Crippen molar-refractivity contribution >= 4 is 23.1 Å². The lowest BCUT2D eigenvalue weighted by molar-refractivity contribution is 0.102. The van der Waals surface area contributed by atoms with E-state index in [4.69, 9.17) is 10.5 Å². The highest BCUT2D eigenvalue weighted by Gasteiger charge is 2.23. The number of aromatic nitrogens is 5. The van der Waals surface area contributed by atoms with Crippen molar-refractivity contribution in [3.8, 4) is 0 Å². The van der Waals surface area contributed by atoms with Crippen molar-refractivity contribution in [2.75, 3.05) is 24.4 Å². The van der Waals surface area contributed by atoms with E-state index < -0.39 is 0 Å². The molecule has 4 rings (SSSR count). The minimum atomic E-state index is -0.268. The van der Waals surface area contributed by atoms with Gasteiger partial charge in [0.25, 0.3) is 5.91 Å². The van der Waals surface area contributed by atoms with Crippen LogP contribution in [0.4, 0.5) is 11.6 Å². The lowest BCUT2D eigenvalue weighted by atomic mass is 9.91. The SMILES string of the molecule is COCCn1cc(NC(=O)c2ccc3cnc(N[C@@H]4CCCC[C@@H]4N)nn23)cn1. The van der Waals surface area contributed by atoms with E-state index in [0.29, 0.717) is 30.5 Å². The largest absolute Gasteiger partial charge is 0.383 e. The number of amides is 1. The molecule has 0 aromatic carbocycles. The average molecular weight is 398 g/mol. The van der Waals surface area contributed by atoms with Crippen molar-refractivity contribution < 1.29 is 9.53 Å². The molecule has 2 atom stereocenters. The zero-order chi connectivity index (χ0) is 20.2. The van der Waals surface area contributed by atoms with Crippen molar-refractivity contribution in [3.05, 3.63) is 36.4 Å². The van der Waals surface area contributed by atoms with Crippen LogP contribution in [0.25, 0.3) is 5.52 Å². The molecule has 0 radical (unpaired) electrons. The Balaban J connectivity index is 1.49. The van der Waals surface area contributed by atoms with E-state index in [0.717, 1.165) is 31.2 Å². The Hall–Kier alpha value is -2.98. The molecule has 3 heterocycles. The molecule has 10 heteroatoms. The lowest BCUT2D eigenvalue weighted by Gasteiger charge is -2.29. The highest BCUT2D eigenvalue weighted by Crippen LogP contribution is 2.20. The maximum atomic E-state index is 12.8. The predicted octanol–water partition coefficient (Wildman–Crippen LogP) is 1.51. The molecular formula is C19H26N8O2. The summed E-state index contributed by atoms with van der Waals surface area (Å²) in [5.41, 5.74) is 7.98. The van der Waals surface area contributed by atoms with Crippen LogP contribution in [0.5, 0.6) is 0 Å². The van der Waals surface area contributed by atoms with Gasteiger partial charge in [0.2, 0.25) is 5.95 Å². The lowest BCUT2D eigenvalue weighted by Crippen LogP contribution is -2.43. The molecule has 0 bridgehead atoms. The second-order valence-electron chi connectivity index (χ2n) is 7.28. The fourth-order valence-corrected chi connectivity index (χ4v) is 3.57. The van der Waals surface area contributed by atoms with Crippen LogP contribution < -0.4 is 16.4 Å². The summed E-state index contributed by atoms with van der Waals surface area (Å²) in [6, 6.07) is 3.77. The first-order valence-corrected chi connectivity index (χ1v) is 9.83. The van der Waals surface area contributed by atoms with Gasteiger partial charge < -0.3 is 21.1 Å². The van der Waals surface area contributed by atoms with Gasteiger partial charge in [-0.3, -0.25) is 9.48 Å². The highest BCUT2D eigenvalue weighted by atomic mass is 16.5. The Bertz CT molecular complexity index is 982. The zero-order valence-electron chi connectivity index (χ0n) is 16.4. The van der Waals surface area contributed by atoms with Gasteiger partial charge in [0.05, 0.1) is 36.7 Å². The summed E-state index contributed by atoms with van der Waals surface area (Å²) in [6.45, 7) is 1.17. The fourth-order valence-electron chi connectivity index (χ4n) is 3.57. The summed E-state index contributed by atoms with van der Waals surface area (Å²) in [5, 5.41) is 14.9. The molecule has 1 amide bonds. The number of hydrogen-bond acceptors (Lipinski definition) is 7. The Morgan fingerprint density at radius 1 is 1.31 bits per heavy atom. The van der Waals surface area contributed by atoms with Crippen LogP contribution in [-0.4, -0.2) is 56.1 Å². The van der Waals surface area contributed by atoms with Crippen LogP contribution >= 0.6 is 0 Å². The molecule has 10 nitrogen and oxygen atoms in total. The third-order valence-electron chi connectivity index (χ3n) is 5.18. The van der Waals surface area contributed by atoms with Crippen molar-refractivity contribution in [1.29, 1.82) is 0 Å². The number of rotatable bonds is 7. The number of carbonyl (C=O) groups is 1. The number of anilines is 2. The number of carbonyl (C=O) groups excluding carboxylic acids is 1. The summed E-state index contributed by atoms with van der Waals surface area (Å²) >= 11 is 0. The van der Waals surface area contributed by atoms with E-state index >= 15 is 0 Å². The monoisotopic (exact) mass is 398 g/mol. The quantitative estimate of drug-likeness (QED) is 0.551. The Kier molecular flexibility index (Phi) is 5.72. The molecule has 1 fully saturated rings. The Morgan fingerprint density at radius 2 is 2.17 bits per heavy atom. The fraction of sp³-hybridized carbons (Fsp3) is 0.474. The van der Waals surface area contributed by atoms with Crippen molar-refractivity contribution in [3.63, 3.8) is 0 Å². The van der Waals surface area contributed by atoms with Crippen LogP contribution in [0.1, 0.15) is 36.2 Å². The number of nitrogens with two attached hydrogens (primary N) is 1. The molecule has 154 valence electrons. The zero-order valence-corrected chi connectivity index (χ0v) is 16.4. The van der Waals surface area contributed by atoms with E-state index in [2.05, 4.69) is 25.8 Å². The van der Waals surface area contributed by atoms with Gasteiger partial charge in [-0.2, -0.15) is 5.10 Å². The normalized spacial score (nSPS) is 19.4. The van der Waals surface area contributed by atoms with Crippen LogP contribution in [0.15, 0.2) is 30.7 Å². The van der Waals surface area contributed by atoms with Crippen LogP contribution in [0.2, 0.25) is 0 Å². The van der Waals surface area contributed by atoms with Gasteiger partial charge in [-0.25, -0.2) is 9.50 Å². The molecule has 0 spiro atoms. The van der Waals surface area contributed by atoms with Crippen LogP contribution in [0.3, 0.4) is 0 Å². The Morgan fingerprint density at radius 3 is 3.00 bits per heavy atom. The summed E-state index contributed by atoms with van der Waals surface area (Å²) in [5.74, 6) is 0.202. The van der Waals surface area contributed by atoms with Gasteiger partial charge in [-0.1, -0.05) is 12.8 Å². The summed E-state index contributed by atoms with van der Waals surface area (Å²) in [6.07, 6.45) is 9.36. The topological polar surface area (TPSA) is 124 Å². The first-order chi connectivity index (χ1) is 14.1. The average Bonchev–Trinajstić information content (AvgIpc) is 3.34. The molecule has 0 aliphatic heterocycles. The Labute approximate surface area is 168 Å². The van der Waals surface area contributed by atoms with Gasteiger partial charge in [0, 0.05) is 25.4 Å². The standard InChI is InChI=1S/C19H26N8O2/c1-29-9-8-26-12-13(10-22-26)23-18(28)17-7-6-14-11-21-19(25-27(14)17)24-16-5-3-2-4-15(16)20/h6-7,10-12,15-16H,2-5,8-9,20H2,1H3,(H,23,28)(H,24,25)/t15-,16+/m0/s1. The molecule has 29 heavy (non-hydrogen) atoms. The number of methoxy groups -OCH3 is 1. The maximum Gasteiger partial charge on any atom is 0.274 e. The highest BCUT2D eigenvalue weighted by molar-refractivity contribution is 6.03. The minimum absolute atomic E-state index is 0.0881. The minimum Gasteiger partial charge on any atom is -0.383 e. The number of nitrogens with one attached hydrogen (secondary N) is 2. The molecule has 3 aromatic heterocycles. The smallest absolute Gasteiger partial charge is 0.274 e. The van der Waals surface area contributed by atoms with Gasteiger partial charge in [-0.15, -0.1) is 5.10 Å². The van der Waals surface area contributed by atoms with E-state index in [1.54, 1.807) is 41.0 Å². The third kappa shape index (κ3) is 4.38. The van der Waals surface area contributed by atoms with E-state index in [-0.39, 0.29) is 18.0 Å². The number of nitrogens with zero attached hydrogens (tertiary/aromatic N) is 5. The summed E-state index contributed by atoms with van der Waals surface area (Å²) < 4.78 is 8.34. The van der Waals surface area contributed by atoms with E-state index in [1.165, 1.54) is 0 Å². The molecule has 4 N–H and O–H groups in total. The second-order valence-corrected chi connectivity index (χ2v) is 7.28. The predicted molar refractivity (Wildman–Crippen MR) is 109 cm³/mol. The summed E-state index contributed by atoms with van der Waals surface area (Å²) in [4.78, 5) is 17.1. The molecule has 1 aliphatic carbocycles. The number of fused-ring (bicyclic) bond motifs is 1. The third-order valence-corrected chi connectivity index (χ3v) is 5.18. The van der Waals surface area contributed by atoms with Gasteiger partial charge in [0.1, 0.15) is 5.69 Å². The van der Waals surface area contributed by atoms with Gasteiger partial charge in [0.15, 0.2) is 0 Å². The van der Waals surface area contributed by atoms with E-state index in [1.807, 2.05) is 6.07 Å². The molecule has 3 aromatic rings. The van der Waals surface area contributed by atoms with Crippen LogP contribution in [0, 0.1) is 0 Å². The number of ether oxygens (including phenoxy) is 1. The molecule has 1 saturated carbocycles. The first-order valence-electron chi connectivity index (χ1n) is 9.83. The molecule has 0 saturated heterocycles.